The molecule has 0 saturated carbocycles. The number of halogens is 1. The van der Waals surface area contributed by atoms with Gasteiger partial charge in [-0.1, -0.05) is 23.8 Å². The van der Waals surface area contributed by atoms with E-state index >= 15 is 0 Å². The molecule has 0 fully saturated rings. The molecule has 1 rings (SSSR count). The molecule has 1 aromatic rings. The first-order valence-corrected chi connectivity index (χ1v) is 7.02. The third kappa shape index (κ3) is 3.13. The van der Waals surface area contributed by atoms with Gasteiger partial charge >= 0.3 is 0 Å². The van der Waals surface area contributed by atoms with Crippen molar-refractivity contribution in [1.29, 1.82) is 0 Å². The van der Waals surface area contributed by atoms with E-state index in [0.717, 1.165) is 0 Å². The van der Waals surface area contributed by atoms with E-state index in [9.17, 15) is 8.42 Å². The van der Waals surface area contributed by atoms with Gasteiger partial charge in [0.2, 0.25) is 10.0 Å². The highest BCUT2D eigenvalue weighted by atomic mass is 35.5. The summed E-state index contributed by atoms with van der Waals surface area (Å²) in [5.41, 5.74) is 5.89. The van der Waals surface area contributed by atoms with Gasteiger partial charge in [0.25, 0.3) is 0 Å². The van der Waals surface area contributed by atoms with Crippen molar-refractivity contribution >= 4 is 27.3 Å². The zero-order chi connectivity index (χ0) is 13.8. The lowest BCUT2D eigenvalue weighted by atomic mass is 10.3. The average Bonchev–Trinajstić information content (AvgIpc) is 2.32. The number of sulfonamides is 1. The van der Waals surface area contributed by atoms with E-state index in [1.54, 1.807) is 0 Å². The second-order valence-corrected chi connectivity index (χ2v) is 5.93. The summed E-state index contributed by atoms with van der Waals surface area (Å²) in [5, 5.41) is 0.216. The van der Waals surface area contributed by atoms with Gasteiger partial charge in [-0.2, -0.15) is 4.31 Å². The fraction of sp³-hybridized carbons (Fsp3) is 0.167. The fourth-order valence-electron chi connectivity index (χ4n) is 1.38. The Labute approximate surface area is 112 Å². The Morgan fingerprint density at radius 1 is 1.28 bits per heavy atom. The van der Waals surface area contributed by atoms with E-state index in [1.165, 1.54) is 34.7 Å². The van der Waals surface area contributed by atoms with E-state index in [0.29, 0.717) is 5.69 Å². The van der Waals surface area contributed by atoms with Crippen LogP contribution in [-0.2, 0) is 10.0 Å². The van der Waals surface area contributed by atoms with E-state index in [4.69, 9.17) is 17.3 Å². The SMILES string of the molecule is C=CCN(CC=C)S(=O)(=O)c1ccc(N)c(Cl)c1. The van der Waals surface area contributed by atoms with E-state index in [-0.39, 0.29) is 23.0 Å². The summed E-state index contributed by atoms with van der Waals surface area (Å²) in [5.74, 6) is 0. The molecule has 0 heterocycles. The molecular weight excluding hydrogens is 272 g/mol. The van der Waals surface area contributed by atoms with Gasteiger partial charge in [0.1, 0.15) is 0 Å². The smallest absolute Gasteiger partial charge is 0.243 e. The number of nitrogens with zero attached hydrogens (tertiary/aromatic N) is 1. The Morgan fingerprint density at radius 2 is 1.83 bits per heavy atom. The molecule has 0 bridgehead atoms. The molecule has 0 unspecified atom stereocenters. The maximum Gasteiger partial charge on any atom is 0.243 e. The molecular formula is C12H15ClN2O2S. The first-order valence-electron chi connectivity index (χ1n) is 5.20. The van der Waals surface area contributed by atoms with E-state index in [2.05, 4.69) is 13.2 Å². The van der Waals surface area contributed by atoms with Gasteiger partial charge < -0.3 is 5.73 Å². The van der Waals surface area contributed by atoms with Crippen LogP contribution in [-0.4, -0.2) is 25.8 Å². The summed E-state index contributed by atoms with van der Waals surface area (Å²) in [6, 6.07) is 4.23. The molecule has 4 nitrogen and oxygen atoms in total. The van der Waals surface area contributed by atoms with Crippen molar-refractivity contribution in [1.82, 2.24) is 4.31 Å². The molecule has 0 amide bonds. The summed E-state index contributed by atoms with van der Waals surface area (Å²) in [4.78, 5) is 0.102. The molecule has 0 spiro atoms. The molecule has 2 N–H and O–H groups in total. The quantitative estimate of drug-likeness (QED) is 0.644. The van der Waals surface area contributed by atoms with Gasteiger partial charge in [-0.15, -0.1) is 13.2 Å². The summed E-state index contributed by atoms with van der Waals surface area (Å²) in [7, 11) is -3.61. The van der Waals surface area contributed by atoms with Crippen LogP contribution < -0.4 is 5.73 Å². The first kappa shape index (κ1) is 14.8. The van der Waals surface area contributed by atoms with Crippen LogP contribution in [0, 0.1) is 0 Å². The van der Waals surface area contributed by atoms with Crippen LogP contribution in [0.2, 0.25) is 5.02 Å². The Balaban J connectivity index is 3.21. The molecule has 0 aliphatic rings. The van der Waals surface area contributed by atoms with Gasteiger partial charge in [0.15, 0.2) is 0 Å². The maximum atomic E-state index is 12.3. The van der Waals surface area contributed by atoms with Crippen LogP contribution in [0.3, 0.4) is 0 Å². The highest BCUT2D eigenvalue weighted by Gasteiger charge is 2.22. The van der Waals surface area contributed by atoms with Crippen LogP contribution in [0.1, 0.15) is 0 Å². The van der Waals surface area contributed by atoms with Gasteiger partial charge in [-0.25, -0.2) is 8.42 Å². The van der Waals surface area contributed by atoms with Crippen LogP contribution in [0.15, 0.2) is 48.4 Å². The minimum atomic E-state index is -3.61. The molecule has 0 radical (unpaired) electrons. The Kier molecular flexibility index (Phi) is 4.95. The standard InChI is InChI=1S/C12H15ClN2O2S/c1-3-7-15(8-4-2)18(16,17)10-5-6-12(14)11(13)9-10/h3-6,9H,1-2,7-8,14H2. The molecule has 98 valence electrons. The molecule has 0 saturated heterocycles. The number of rotatable bonds is 6. The van der Waals surface area contributed by atoms with Crippen molar-refractivity contribution in [3.05, 3.63) is 48.5 Å². The normalized spacial score (nSPS) is 11.4. The number of benzene rings is 1. The van der Waals surface area contributed by atoms with Crippen LogP contribution in [0.5, 0.6) is 0 Å². The molecule has 18 heavy (non-hydrogen) atoms. The predicted molar refractivity (Wildman–Crippen MR) is 75.0 cm³/mol. The van der Waals surface area contributed by atoms with Crippen molar-refractivity contribution in [3.8, 4) is 0 Å². The van der Waals surface area contributed by atoms with Crippen molar-refractivity contribution in [2.75, 3.05) is 18.8 Å². The number of hydrogen-bond acceptors (Lipinski definition) is 3. The van der Waals surface area contributed by atoms with Gasteiger partial charge in [-0.3, -0.25) is 0 Å². The lowest BCUT2D eigenvalue weighted by Crippen LogP contribution is -2.31. The minimum absolute atomic E-state index is 0.102. The first-order chi connectivity index (χ1) is 8.43. The second kappa shape index (κ2) is 6.04. The number of anilines is 1. The van der Waals surface area contributed by atoms with Crippen molar-refractivity contribution in [3.63, 3.8) is 0 Å². The fourth-order valence-corrected chi connectivity index (χ4v) is 3.03. The Hall–Kier alpha value is -1.30. The van der Waals surface area contributed by atoms with Gasteiger partial charge in [0, 0.05) is 13.1 Å². The number of nitrogen functional groups attached to an aromatic ring is 1. The highest BCUT2D eigenvalue weighted by Crippen LogP contribution is 2.24. The van der Waals surface area contributed by atoms with Gasteiger partial charge in [0.05, 0.1) is 15.6 Å². The van der Waals surface area contributed by atoms with Crippen LogP contribution in [0.4, 0.5) is 5.69 Å². The Morgan fingerprint density at radius 3 is 2.28 bits per heavy atom. The molecule has 6 heteroatoms. The molecule has 0 atom stereocenters. The monoisotopic (exact) mass is 286 g/mol. The van der Waals surface area contributed by atoms with Crippen molar-refractivity contribution in [2.45, 2.75) is 4.90 Å². The van der Waals surface area contributed by atoms with Crippen LogP contribution >= 0.6 is 11.6 Å². The van der Waals surface area contributed by atoms with Crippen molar-refractivity contribution in [2.24, 2.45) is 0 Å². The molecule has 1 aromatic carbocycles. The third-order valence-electron chi connectivity index (χ3n) is 2.28. The zero-order valence-corrected chi connectivity index (χ0v) is 11.4. The zero-order valence-electron chi connectivity index (χ0n) is 9.84. The molecule has 0 aliphatic carbocycles. The summed E-state index contributed by atoms with van der Waals surface area (Å²) >= 11 is 5.83. The highest BCUT2D eigenvalue weighted by molar-refractivity contribution is 7.89. The number of nitrogens with two attached hydrogens (primary N) is 1. The van der Waals surface area contributed by atoms with Gasteiger partial charge in [-0.05, 0) is 18.2 Å². The molecule has 0 aromatic heterocycles. The predicted octanol–water partition coefficient (Wildman–Crippen LogP) is 2.28. The Bertz CT molecular complexity index is 545. The molecule has 0 aliphatic heterocycles. The third-order valence-corrected chi connectivity index (χ3v) is 4.43. The van der Waals surface area contributed by atoms with E-state index < -0.39 is 10.0 Å². The lowest BCUT2D eigenvalue weighted by Gasteiger charge is -2.19. The average molecular weight is 287 g/mol. The second-order valence-electron chi connectivity index (χ2n) is 3.58. The van der Waals surface area contributed by atoms with Crippen molar-refractivity contribution < 1.29 is 8.42 Å². The minimum Gasteiger partial charge on any atom is -0.398 e. The van der Waals surface area contributed by atoms with E-state index in [1.807, 2.05) is 0 Å². The largest absolute Gasteiger partial charge is 0.398 e. The topological polar surface area (TPSA) is 63.4 Å². The summed E-state index contributed by atoms with van der Waals surface area (Å²) in [6.07, 6.45) is 3.03. The lowest BCUT2D eigenvalue weighted by molar-refractivity contribution is 0.474. The number of hydrogen-bond donors (Lipinski definition) is 1. The summed E-state index contributed by atoms with van der Waals surface area (Å²) < 4.78 is 25.9. The van der Waals surface area contributed by atoms with Crippen LogP contribution in [0.25, 0.3) is 0 Å². The summed E-state index contributed by atoms with van der Waals surface area (Å²) in [6.45, 7) is 7.48. The maximum absolute atomic E-state index is 12.3.